The molecule has 2 aliphatic rings. The summed E-state index contributed by atoms with van der Waals surface area (Å²) in [6.45, 7) is 17.8. The van der Waals surface area contributed by atoms with E-state index in [2.05, 4.69) is 89.6 Å². The van der Waals surface area contributed by atoms with Crippen molar-refractivity contribution in [1.29, 1.82) is 0 Å². The van der Waals surface area contributed by atoms with E-state index in [1.54, 1.807) is 0 Å². The monoisotopic (exact) mass is 534 g/mol. The predicted molar refractivity (Wildman–Crippen MR) is 155 cm³/mol. The second kappa shape index (κ2) is 10.5. The summed E-state index contributed by atoms with van der Waals surface area (Å²) in [6, 6.07) is 8.98. The van der Waals surface area contributed by atoms with Gasteiger partial charge in [0.2, 0.25) is 0 Å². The molecule has 37 heavy (non-hydrogen) atoms. The molecule has 0 radical (unpaired) electrons. The summed E-state index contributed by atoms with van der Waals surface area (Å²) in [5.41, 5.74) is 19.3. The number of aromatic nitrogens is 4. The number of hydrogen-bond donors (Lipinski definition) is 2. The van der Waals surface area contributed by atoms with Crippen molar-refractivity contribution in [3.63, 3.8) is 0 Å². The molecule has 194 valence electrons. The van der Waals surface area contributed by atoms with Crippen LogP contribution in [0.2, 0.25) is 0 Å². The Morgan fingerprint density at radius 3 is 1.35 bits per heavy atom. The molecule has 0 fully saturated rings. The molecular weight excluding hydrogens is 496 g/mol. The SMILES string of the molecule is CCC1=C(C)c2cc3[nH]c(cc4[nH]c(cc5nc(cc1n2)C(C)=C5CC)c(C)c4CC)c(CC)c3C.[Fe]. The first-order valence-corrected chi connectivity index (χ1v) is 13.4. The predicted octanol–water partition coefficient (Wildman–Crippen LogP) is 8.74. The molecule has 0 unspecified atom stereocenters. The first kappa shape index (κ1) is 27.2. The molecular formula is C32H38FeN4. The van der Waals surface area contributed by atoms with Gasteiger partial charge in [-0.25, -0.2) is 9.97 Å². The van der Waals surface area contributed by atoms with Crippen molar-refractivity contribution < 1.29 is 17.1 Å². The van der Waals surface area contributed by atoms with Crippen molar-refractivity contribution in [3.8, 4) is 0 Å². The van der Waals surface area contributed by atoms with Gasteiger partial charge in [0.15, 0.2) is 0 Å². The van der Waals surface area contributed by atoms with Crippen molar-refractivity contribution in [3.05, 3.63) is 69.3 Å². The van der Waals surface area contributed by atoms with Gasteiger partial charge in [-0.3, -0.25) is 0 Å². The van der Waals surface area contributed by atoms with Gasteiger partial charge in [0.1, 0.15) is 0 Å². The van der Waals surface area contributed by atoms with Crippen LogP contribution in [-0.2, 0) is 29.9 Å². The average Bonchev–Trinajstić information content (AvgIpc) is 3.51. The number of rotatable bonds is 4. The second-order valence-electron chi connectivity index (χ2n) is 10.1. The topological polar surface area (TPSA) is 57.4 Å². The number of fused-ring (bicyclic) bond motifs is 8. The van der Waals surface area contributed by atoms with Crippen LogP contribution in [0, 0.1) is 13.8 Å². The van der Waals surface area contributed by atoms with Gasteiger partial charge in [0, 0.05) is 39.1 Å². The molecule has 2 aliphatic heterocycles. The van der Waals surface area contributed by atoms with Crippen LogP contribution in [0.3, 0.4) is 0 Å². The van der Waals surface area contributed by atoms with Crippen molar-refractivity contribution in [2.45, 2.75) is 81.1 Å². The van der Waals surface area contributed by atoms with E-state index in [-0.39, 0.29) is 17.1 Å². The zero-order valence-corrected chi connectivity index (χ0v) is 24.5. The zero-order chi connectivity index (χ0) is 25.7. The Bertz CT molecular complexity index is 1610. The number of aromatic amines is 2. The van der Waals surface area contributed by atoms with E-state index in [1.807, 2.05) is 0 Å². The maximum Gasteiger partial charge on any atom is 0.0693 e. The van der Waals surface area contributed by atoms with E-state index in [1.165, 1.54) is 55.6 Å². The van der Waals surface area contributed by atoms with Gasteiger partial charge in [0.05, 0.1) is 22.8 Å². The molecule has 0 saturated heterocycles. The summed E-state index contributed by atoms with van der Waals surface area (Å²) < 4.78 is 0. The number of nitrogens with zero attached hydrogens (tertiary/aromatic N) is 2. The third-order valence-electron chi connectivity index (χ3n) is 8.21. The smallest absolute Gasteiger partial charge is 0.0693 e. The van der Waals surface area contributed by atoms with Gasteiger partial charge in [-0.2, -0.15) is 0 Å². The second-order valence-corrected chi connectivity index (χ2v) is 10.1. The third-order valence-corrected chi connectivity index (χ3v) is 8.21. The summed E-state index contributed by atoms with van der Waals surface area (Å²) in [4.78, 5) is 17.7. The normalized spacial score (nSPS) is 13.4. The number of aryl methyl sites for hydroxylation is 4. The molecule has 0 aliphatic carbocycles. The number of nitrogens with one attached hydrogen (secondary N) is 2. The fourth-order valence-corrected chi connectivity index (χ4v) is 6.02. The number of hydrogen-bond acceptors (Lipinski definition) is 2. The summed E-state index contributed by atoms with van der Waals surface area (Å²) in [5.74, 6) is 0. The Kier molecular flexibility index (Phi) is 7.69. The Balaban J connectivity index is 0.00000320. The maximum absolute atomic E-state index is 5.13. The van der Waals surface area contributed by atoms with Crippen LogP contribution in [0.1, 0.15) is 99.4 Å². The first-order chi connectivity index (χ1) is 17.3. The Labute approximate surface area is 231 Å². The summed E-state index contributed by atoms with van der Waals surface area (Å²) in [7, 11) is 0. The molecule has 3 aromatic rings. The molecule has 5 heteroatoms. The van der Waals surface area contributed by atoms with Crippen LogP contribution in [0.5, 0.6) is 0 Å². The Morgan fingerprint density at radius 2 is 0.919 bits per heavy atom. The molecule has 0 aromatic carbocycles. The van der Waals surface area contributed by atoms with Crippen LogP contribution >= 0.6 is 0 Å². The fourth-order valence-electron chi connectivity index (χ4n) is 6.02. The summed E-state index contributed by atoms with van der Waals surface area (Å²) >= 11 is 0. The van der Waals surface area contributed by atoms with E-state index < -0.39 is 0 Å². The standard InChI is InChI=1S/C32H38N4.Fe/c1-9-21-17(5)25-13-26-18(6)23(11-3)31(34-26)16-32-24(12-4)20(8)28(36-32)15-30-22(10-2)19(7)27(35-30)14-29(21)33-25;/h13-16,34,36H,9-12H2,1-8H3;. The van der Waals surface area contributed by atoms with Gasteiger partial charge >= 0.3 is 0 Å². The zero-order valence-electron chi connectivity index (χ0n) is 23.4. The van der Waals surface area contributed by atoms with Crippen molar-refractivity contribution >= 4 is 44.4 Å². The van der Waals surface area contributed by atoms with Gasteiger partial charge in [-0.1, -0.05) is 27.7 Å². The van der Waals surface area contributed by atoms with E-state index in [4.69, 9.17) is 9.97 Å². The Morgan fingerprint density at radius 1 is 0.514 bits per heavy atom. The van der Waals surface area contributed by atoms with Gasteiger partial charge in [-0.05, 0) is 122 Å². The maximum atomic E-state index is 5.13. The molecule has 0 atom stereocenters. The minimum Gasteiger partial charge on any atom is -0.355 e. The third kappa shape index (κ3) is 4.43. The number of allylic oxidation sites excluding steroid dienone is 4. The molecule has 0 spiro atoms. The van der Waals surface area contributed by atoms with Gasteiger partial charge in [0.25, 0.3) is 0 Å². The average molecular weight is 535 g/mol. The van der Waals surface area contributed by atoms with Crippen molar-refractivity contribution in [1.82, 2.24) is 19.9 Å². The molecule has 2 N–H and O–H groups in total. The quantitative estimate of drug-likeness (QED) is 0.329. The van der Waals surface area contributed by atoms with Crippen molar-refractivity contribution in [2.75, 3.05) is 0 Å². The van der Waals surface area contributed by atoms with Crippen LogP contribution in [-0.4, -0.2) is 19.9 Å². The van der Waals surface area contributed by atoms with Gasteiger partial charge in [-0.15, -0.1) is 0 Å². The Hall–Kier alpha value is -2.88. The molecule has 4 nitrogen and oxygen atoms in total. The molecule has 0 amide bonds. The van der Waals surface area contributed by atoms with E-state index in [0.717, 1.165) is 59.5 Å². The van der Waals surface area contributed by atoms with E-state index in [9.17, 15) is 0 Å². The first-order valence-electron chi connectivity index (χ1n) is 13.4. The summed E-state index contributed by atoms with van der Waals surface area (Å²) in [6.07, 6.45) is 3.86. The van der Waals surface area contributed by atoms with Gasteiger partial charge < -0.3 is 9.97 Å². The molecule has 5 rings (SSSR count). The fraction of sp³-hybridized carbons (Fsp3) is 0.375. The van der Waals surface area contributed by atoms with Crippen LogP contribution in [0.25, 0.3) is 44.4 Å². The molecule has 8 bridgehead atoms. The molecule has 3 aromatic heterocycles. The largest absolute Gasteiger partial charge is 0.355 e. The van der Waals surface area contributed by atoms with Crippen LogP contribution < -0.4 is 0 Å². The van der Waals surface area contributed by atoms with Crippen LogP contribution in [0.4, 0.5) is 0 Å². The van der Waals surface area contributed by atoms with E-state index in [0.29, 0.717) is 0 Å². The van der Waals surface area contributed by atoms with Crippen LogP contribution in [0.15, 0.2) is 24.3 Å². The minimum atomic E-state index is 0. The molecule has 5 heterocycles. The number of H-pyrrole nitrogens is 2. The van der Waals surface area contributed by atoms with E-state index >= 15 is 0 Å². The molecule has 0 saturated carbocycles. The summed E-state index contributed by atoms with van der Waals surface area (Å²) in [5, 5.41) is 0. The minimum absolute atomic E-state index is 0. The van der Waals surface area contributed by atoms with Crippen molar-refractivity contribution in [2.24, 2.45) is 0 Å².